The number of nitrogens with zero attached hydrogens (tertiary/aromatic N) is 3. The monoisotopic (exact) mass is 523 g/mol. The lowest BCUT2D eigenvalue weighted by molar-refractivity contribution is -0.139. The molecule has 2 aromatic carbocycles. The summed E-state index contributed by atoms with van der Waals surface area (Å²) in [7, 11) is 0. The molecular weight excluding hydrogens is 499 g/mol. The number of aliphatic carboxylic acids is 1. The Kier molecular flexibility index (Phi) is 7.97. The van der Waals surface area contributed by atoms with Gasteiger partial charge in [0.2, 0.25) is 0 Å². The van der Waals surface area contributed by atoms with Crippen molar-refractivity contribution in [1.82, 2.24) is 14.3 Å². The largest absolute Gasteiger partial charge is 0.480 e. The van der Waals surface area contributed by atoms with Gasteiger partial charge < -0.3 is 9.84 Å². The van der Waals surface area contributed by atoms with Crippen molar-refractivity contribution in [2.45, 2.75) is 56.3 Å². The maximum atomic E-state index is 12.8. The fourth-order valence-electron chi connectivity index (χ4n) is 3.20. The summed E-state index contributed by atoms with van der Waals surface area (Å²) in [5, 5.41) is 13.4. The molecule has 0 radical (unpaired) electrons. The first-order valence-electron chi connectivity index (χ1n) is 10.8. The Bertz CT molecular complexity index is 1300. The summed E-state index contributed by atoms with van der Waals surface area (Å²) >= 11 is 1.14. The van der Waals surface area contributed by atoms with E-state index >= 15 is 0 Å². The summed E-state index contributed by atoms with van der Waals surface area (Å²) < 4.78 is 45.0. The van der Waals surface area contributed by atoms with Gasteiger partial charge in [-0.3, -0.25) is 9.36 Å². The SMILES string of the molecule is CCn1c(COC(=O)c2ccc(SC(C)(C)C(=O)O)cc2)nn(Cc2ccc(C(F)(F)F)cc2)c1=O. The molecule has 8 nitrogen and oxygen atoms in total. The molecule has 36 heavy (non-hydrogen) atoms. The lowest BCUT2D eigenvalue weighted by Crippen LogP contribution is -2.26. The van der Waals surface area contributed by atoms with Gasteiger partial charge in [0, 0.05) is 11.4 Å². The van der Waals surface area contributed by atoms with Crippen molar-refractivity contribution < 1.29 is 32.6 Å². The van der Waals surface area contributed by atoms with Crippen LogP contribution < -0.4 is 5.69 Å². The number of esters is 1. The Morgan fingerprint density at radius 3 is 2.19 bits per heavy atom. The van der Waals surface area contributed by atoms with Gasteiger partial charge in [-0.05, 0) is 62.7 Å². The zero-order valence-electron chi connectivity index (χ0n) is 19.7. The van der Waals surface area contributed by atoms with Crippen LogP contribution in [0.1, 0.15) is 48.1 Å². The molecular formula is C24H24F3N3O5S. The summed E-state index contributed by atoms with van der Waals surface area (Å²) in [6, 6.07) is 10.7. The average Bonchev–Trinajstić information content (AvgIpc) is 3.11. The number of hydrogen-bond donors (Lipinski definition) is 1. The molecule has 192 valence electrons. The molecule has 0 fully saturated rings. The third-order valence-corrected chi connectivity index (χ3v) is 6.43. The van der Waals surface area contributed by atoms with Crippen LogP contribution in [0.3, 0.4) is 0 Å². The highest BCUT2D eigenvalue weighted by molar-refractivity contribution is 8.01. The van der Waals surface area contributed by atoms with E-state index in [-0.39, 0.29) is 31.1 Å². The molecule has 12 heteroatoms. The van der Waals surface area contributed by atoms with E-state index < -0.39 is 34.1 Å². The van der Waals surface area contributed by atoms with Gasteiger partial charge in [0.25, 0.3) is 0 Å². The molecule has 0 aliphatic carbocycles. The van der Waals surface area contributed by atoms with Gasteiger partial charge in [-0.25, -0.2) is 14.3 Å². The first-order chi connectivity index (χ1) is 16.8. The standard InChI is InChI=1S/C24H24F3N3O5S/c1-4-29-19(28-30(22(29)34)13-15-5-9-17(10-6-15)24(25,26)27)14-35-20(31)16-7-11-18(12-8-16)36-23(2,3)21(32)33/h5-12H,4,13-14H2,1-3H3,(H,32,33). The number of carboxylic acid groups (broad SMARTS) is 1. The van der Waals surface area contributed by atoms with Crippen LogP contribution in [-0.4, -0.2) is 36.1 Å². The smallest absolute Gasteiger partial charge is 0.416 e. The number of halogens is 3. The number of thioether (sulfide) groups is 1. The van der Waals surface area contributed by atoms with Crippen molar-refractivity contribution in [3.05, 3.63) is 81.5 Å². The number of carbonyl (C=O) groups is 2. The maximum absolute atomic E-state index is 12.8. The molecule has 3 aromatic rings. The van der Waals surface area contributed by atoms with Crippen LogP contribution in [0.4, 0.5) is 13.2 Å². The zero-order chi connectivity index (χ0) is 26.7. The normalized spacial score (nSPS) is 11.9. The molecule has 0 saturated heterocycles. The molecule has 0 saturated carbocycles. The van der Waals surface area contributed by atoms with Crippen LogP contribution >= 0.6 is 11.8 Å². The van der Waals surface area contributed by atoms with Gasteiger partial charge in [0.1, 0.15) is 4.75 Å². The van der Waals surface area contributed by atoms with E-state index in [1.54, 1.807) is 32.9 Å². The highest BCUT2D eigenvalue weighted by Gasteiger charge is 2.30. The highest BCUT2D eigenvalue weighted by atomic mass is 32.2. The Morgan fingerprint density at radius 1 is 1.06 bits per heavy atom. The van der Waals surface area contributed by atoms with E-state index in [1.807, 2.05) is 0 Å². The highest BCUT2D eigenvalue weighted by Crippen LogP contribution is 2.33. The van der Waals surface area contributed by atoms with Gasteiger partial charge in [0.15, 0.2) is 12.4 Å². The number of hydrogen-bond acceptors (Lipinski definition) is 6. The summed E-state index contributed by atoms with van der Waals surface area (Å²) in [4.78, 5) is 37.1. The van der Waals surface area contributed by atoms with Gasteiger partial charge in [0.05, 0.1) is 17.7 Å². The fraction of sp³-hybridized carbons (Fsp3) is 0.333. The molecule has 3 rings (SSSR count). The third kappa shape index (κ3) is 6.36. The molecule has 0 atom stereocenters. The van der Waals surface area contributed by atoms with E-state index in [1.165, 1.54) is 28.8 Å². The fourth-order valence-corrected chi connectivity index (χ4v) is 4.14. The minimum absolute atomic E-state index is 0.0449. The van der Waals surface area contributed by atoms with Crippen LogP contribution in [0, 0.1) is 0 Å². The van der Waals surface area contributed by atoms with E-state index in [2.05, 4.69) is 5.10 Å². The Hall–Kier alpha value is -3.54. The van der Waals surface area contributed by atoms with Crippen molar-refractivity contribution in [3.8, 4) is 0 Å². The Balaban J connectivity index is 1.68. The molecule has 1 N–H and O–H groups in total. The summed E-state index contributed by atoms with van der Waals surface area (Å²) in [6.45, 7) is 4.79. The molecule has 0 bridgehead atoms. The second-order valence-electron chi connectivity index (χ2n) is 8.31. The van der Waals surface area contributed by atoms with Crippen molar-refractivity contribution in [1.29, 1.82) is 0 Å². The number of rotatable bonds is 9. The van der Waals surface area contributed by atoms with E-state index in [9.17, 15) is 32.7 Å². The van der Waals surface area contributed by atoms with Crippen LogP contribution in [0.15, 0.2) is 58.2 Å². The average molecular weight is 524 g/mol. The summed E-state index contributed by atoms with van der Waals surface area (Å²) in [6.07, 6.45) is -4.45. The molecule has 1 heterocycles. The second-order valence-corrected chi connectivity index (χ2v) is 10.0. The van der Waals surface area contributed by atoms with Crippen LogP contribution in [0.5, 0.6) is 0 Å². The molecule has 0 amide bonds. The van der Waals surface area contributed by atoms with Crippen molar-refractivity contribution >= 4 is 23.7 Å². The third-order valence-electron chi connectivity index (χ3n) is 5.24. The molecule has 1 aromatic heterocycles. The predicted molar refractivity (Wildman–Crippen MR) is 126 cm³/mol. The molecule has 0 aliphatic heterocycles. The minimum Gasteiger partial charge on any atom is -0.480 e. The van der Waals surface area contributed by atoms with E-state index in [0.717, 1.165) is 28.6 Å². The number of carbonyl (C=O) groups excluding carboxylic acids is 1. The minimum atomic E-state index is -4.45. The topological polar surface area (TPSA) is 103 Å². The Morgan fingerprint density at radius 2 is 1.67 bits per heavy atom. The first kappa shape index (κ1) is 27.1. The number of alkyl halides is 3. The van der Waals surface area contributed by atoms with Crippen molar-refractivity contribution in [3.63, 3.8) is 0 Å². The van der Waals surface area contributed by atoms with Gasteiger partial charge in [-0.15, -0.1) is 11.8 Å². The van der Waals surface area contributed by atoms with Gasteiger partial charge in [-0.1, -0.05) is 12.1 Å². The first-order valence-corrected chi connectivity index (χ1v) is 11.7. The summed E-state index contributed by atoms with van der Waals surface area (Å²) in [5.41, 5.74) is -0.575. The lowest BCUT2D eigenvalue weighted by atomic mass is 10.1. The van der Waals surface area contributed by atoms with Gasteiger partial charge in [-0.2, -0.15) is 18.3 Å². The number of carboxylic acids is 1. The lowest BCUT2D eigenvalue weighted by Gasteiger charge is -2.18. The number of aromatic nitrogens is 3. The second kappa shape index (κ2) is 10.6. The Labute approximate surface area is 208 Å². The number of benzene rings is 2. The predicted octanol–water partition coefficient (Wildman–Crippen LogP) is 4.44. The molecule has 0 unspecified atom stereocenters. The van der Waals surface area contributed by atoms with Crippen LogP contribution in [0.25, 0.3) is 0 Å². The van der Waals surface area contributed by atoms with Crippen LogP contribution in [-0.2, 0) is 35.4 Å². The maximum Gasteiger partial charge on any atom is 0.416 e. The van der Waals surface area contributed by atoms with Gasteiger partial charge >= 0.3 is 23.8 Å². The van der Waals surface area contributed by atoms with Crippen LogP contribution in [0.2, 0.25) is 0 Å². The van der Waals surface area contributed by atoms with E-state index in [0.29, 0.717) is 10.5 Å². The molecule has 0 aliphatic rings. The number of ether oxygens (including phenoxy) is 1. The van der Waals surface area contributed by atoms with Crippen molar-refractivity contribution in [2.24, 2.45) is 0 Å². The zero-order valence-corrected chi connectivity index (χ0v) is 20.5. The quantitative estimate of drug-likeness (QED) is 0.327. The van der Waals surface area contributed by atoms with Crippen molar-refractivity contribution in [2.75, 3.05) is 0 Å². The summed E-state index contributed by atoms with van der Waals surface area (Å²) in [5.74, 6) is -1.43. The van der Waals surface area contributed by atoms with E-state index in [4.69, 9.17) is 4.74 Å². The molecule has 0 spiro atoms.